The first-order chi connectivity index (χ1) is 9.72. The molecule has 0 aliphatic rings. The summed E-state index contributed by atoms with van der Waals surface area (Å²) in [5, 5.41) is 22.6. The van der Waals surface area contributed by atoms with Crippen LogP contribution in [0.15, 0.2) is 0 Å². The zero-order valence-electron chi connectivity index (χ0n) is 12.9. The molecule has 2 atom stereocenters. The van der Waals surface area contributed by atoms with Gasteiger partial charge in [0, 0.05) is 12.5 Å². The van der Waals surface area contributed by atoms with Gasteiger partial charge in [0.15, 0.2) is 0 Å². The van der Waals surface area contributed by atoms with Crippen LogP contribution in [-0.2, 0) is 9.59 Å². The number of amides is 2. The Morgan fingerprint density at radius 1 is 0.952 bits per heavy atom. The lowest BCUT2D eigenvalue weighted by molar-refractivity contribution is -0.140. The van der Waals surface area contributed by atoms with Crippen molar-refractivity contribution in [3.05, 3.63) is 0 Å². The summed E-state index contributed by atoms with van der Waals surface area (Å²) < 4.78 is 0. The van der Waals surface area contributed by atoms with Gasteiger partial charge < -0.3 is 20.8 Å². The van der Waals surface area contributed by atoms with Crippen LogP contribution in [0, 0.1) is 5.92 Å². The van der Waals surface area contributed by atoms with Crippen LogP contribution in [0.1, 0.15) is 52.9 Å². The summed E-state index contributed by atoms with van der Waals surface area (Å²) in [6, 6.07) is -1.64. The highest BCUT2D eigenvalue weighted by Crippen LogP contribution is 2.06. The van der Waals surface area contributed by atoms with E-state index >= 15 is 0 Å². The molecule has 0 rings (SSSR count). The Labute approximate surface area is 125 Å². The third-order valence-electron chi connectivity index (χ3n) is 3.04. The summed E-state index contributed by atoms with van der Waals surface area (Å²) in [6.45, 7) is 6.05. The molecule has 7 nitrogen and oxygen atoms in total. The summed E-state index contributed by atoms with van der Waals surface area (Å²) in [5.41, 5.74) is 0. The van der Waals surface area contributed by atoms with E-state index in [0.717, 1.165) is 12.8 Å². The maximum absolute atomic E-state index is 11.7. The standard InChI is InChI=1S/C14H26N2O5/c1-9(2)7-8-10(3)15-14(21)16-11(13(19)20)5-4-6-12(17)18/h9-11H,4-8H2,1-3H3,(H,17,18)(H,19,20)(H2,15,16,21)/t10?,11-/m1/s1. The molecule has 0 fully saturated rings. The van der Waals surface area contributed by atoms with Crippen LogP contribution >= 0.6 is 0 Å². The van der Waals surface area contributed by atoms with Crippen molar-refractivity contribution >= 4 is 18.0 Å². The van der Waals surface area contributed by atoms with E-state index in [1.165, 1.54) is 0 Å². The van der Waals surface area contributed by atoms with Gasteiger partial charge >= 0.3 is 18.0 Å². The fraction of sp³-hybridized carbons (Fsp3) is 0.786. The van der Waals surface area contributed by atoms with Gasteiger partial charge in [0.05, 0.1) is 0 Å². The average Bonchev–Trinajstić information content (AvgIpc) is 2.34. The smallest absolute Gasteiger partial charge is 0.326 e. The second-order valence-corrected chi connectivity index (χ2v) is 5.67. The van der Waals surface area contributed by atoms with Gasteiger partial charge in [-0.25, -0.2) is 9.59 Å². The average molecular weight is 302 g/mol. The highest BCUT2D eigenvalue weighted by atomic mass is 16.4. The van der Waals surface area contributed by atoms with Crippen molar-refractivity contribution in [1.82, 2.24) is 10.6 Å². The minimum absolute atomic E-state index is 0.0409. The van der Waals surface area contributed by atoms with Crippen molar-refractivity contribution in [1.29, 1.82) is 0 Å². The highest BCUT2D eigenvalue weighted by molar-refractivity contribution is 5.82. The normalized spacial score (nSPS) is 13.5. The highest BCUT2D eigenvalue weighted by Gasteiger charge is 2.20. The number of carbonyl (C=O) groups is 3. The zero-order chi connectivity index (χ0) is 16.4. The van der Waals surface area contributed by atoms with Gasteiger partial charge in [-0.15, -0.1) is 0 Å². The van der Waals surface area contributed by atoms with Crippen molar-refractivity contribution in [2.45, 2.75) is 65.0 Å². The number of carboxylic acids is 2. The maximum Gasteiger partial charge on any atom is 0.326 e. The van der Waals surface area contributed by atoms with Crippen LogP contribution in [0.5, 0.6) is 0 Å². The van der Waals surface area contributed by atoms with Crippen molar-refractivity contribution in [2.24, 2.45) is 5.92 Å². The second-order valence-electron chi connectivity index (χ2n) is 5.67. The number of hydrogen-bond acceptors (Lipinski definition) is 3. The molecule has 0 saturated carbocycles. The predicted octanol–water partition coefficient (Wildman–Crippen LogP) is 1.82. The van der Waals surface area contributed by atoms with E-state index in [4.69, 9.17) is 10.2 Å². The van der Waals surface area contributed by atoms with Gasteiger partial charge in [-0.1, -0.05) is 13.8 Å². The Morgan fingerprint density at radius 3 is 2.05 bits per heavy atom. The molecule has 0 aromatic heterocycles. The van der Waals surface area contributed by atoms with Crippen molar-refractivity contribution in [2.75, 3.05) is 0 Å². The van der Waals surface area contributed by atoms with Crippen molar-refractivity contribution < 1.29 is 24.6 Å². The Bertz CT molecular complexity index is 357. The van der Waals surface area contributed by atoms with Crippen LogP contribution in [0.3, 0.4) is 0 Å². The molecule has 7 heteroatoms. The lowest BCUT2D eigenvalue weighted by Gasteiger charge is -2.18. The number of aliphatic carboxylic acids is 2. The van der Waals surface area contributed by atoms with E-state index in [9.17, 15) is 14.4 Å². The molecule has 4 N–H and O–H groups in total. The molecule has 21 heavy (non-hydrogen) atoms. The number of rotatable bonds is 10. The Balaban J connectivity index is 4.16. The van der Waals surface area contributed by atoms with E-state index in [1.807, 2.05) is 6.92 Å². The van der Waals surface area contributed by atoms with E-state index in [0.29, 0.717) is 5.92 Å². The van der Waals surface area contributed by atoms with Gasteiger partial charge in [0.1, 0.15) is 6.04 Å². The Kier molecular flexibility index (Phi) is 9.16. The monoisotopic (exact) mass is 302 g/mol. The number of urea groups is 1. The van der Waals surface area contributed by atoms with Gasteiger partial charge in [-0.05, 0) is 38.5 Å². The van der Waals surface area contributed by atoms with Crippen LogP contribution in [-0.4, -0.2) is 40.3 Å². The van der Waals surface area contributed by atoms with Gasteiger partial charge in [0.25, 0.3) is 0 Å². The second kappa shape index (κ2) is 10.0. The van der Waals surface area contributed by atoms with Gasteiger partial charge in [-0.3, -0.25) is 4.79 Å². The van der Waals surface area contributed by atoms with Gasteiger partial charge in [-0.2, -0.15) is 0 Å². The molecule has 1 unspecified atom stereocenters. The van der Waals surface area contributed by atoms with E-state index in [2.05, 4.69) is 24.5 Å². The zero-order valence-corrected chi connectivity index (χ0v) is 12.9. The SMILES string of the molecule is CC(C)CCC(C)NC(=O)N[C@H](CCCC(=O)O)C(=O)O. The molecule has 0 aliphatic heterocycles. The van der Waals surface area contributed by atoms with E-state index < -0.39 is 24.0 Å². The lowest BCUT2D eigenvalue weighted by Crippen LogP contribution is -2.48. The van der Waals surface area contributed by atoms with Crippen LogP contribution in [0.25, 0.3) is 0 Å². The Hall–Kier alpha value is -1.79. The summed E-state index contributed by atoms with van der Waals surface area (Å²) in [5.74, 6) is -1.60. The Morgan fingerprint density at radius 2 is 1.57 bits per heavy atom. The first-order valence-electron chi connectivity index (χ1n) is 7.24. The molecule has 122 valence electrons. The largest absolute Gasteiger partial charge is 0.481 e. The quantitative estimate of drug-likeness (QED) is 0.491. The molecule has 0 aromatic carbocycles. The fourth-order valence-corrected chi connectivity index (χ4v) is 1.79. The summed E-state index contributed by atoms with van der Waals surface area (Å²) in [7, 11) is 0. The molecule has 0 aromatic rings. The summed E-state index contributed by atoms with van der Waals surface area (Å²) in [6.07, 6.45) is 1.98. The summed E-state index contributed by atoms with van der Waals surface area (Å²) in [4.78, 5) is 33.1. The third kappa shape index (κ3) is 10.6. The third-order valence-corrected chi connectivity index (χ3v) is 3.04. The number of carbonyl (C=O) groups excluding carboxylic acids is 1. The first-order valence-corrected chi connectivity index (χ1v) is 7.24. The van der Waals surface area contributed by atoms with Crippen molar-refractivity contribution in [3.63, 3.8) is 0 Å². The van der Waals surface area contributed by atoms with Crippen LogP contribution < -0.4 is 10.6 Å². The molecule has 0 radical (unpaired) electrons. The molecule has 0 spiro atoms. The number of nitrogens with one attached hydrogen (secondary N) is 2. The maximum atomic E-state index is 11.7. The van der Waals surface area contributed by atoms with Crippen molar-refractivity contribution in [3.8, 4) is 0 Å². The summed E-state index contributed by atoms with van der Waals surface area (Å²) >= 11 is 0. The lowest BCUT2D eigenvalue weighted by atomic mass is 10.0. The molecular weight excluding hydrogens is 276 g/mol. The fourth-order valence-electron chi connectivity index (χ4n) is 1.79. The molecule has 0 aliphatic carbocycles. The van der Waals surface area contributed by atoms with Gasteiger partial charge in [0.2, 0.25) is 0 Å². The molecule has 0 saturated heterocycles. The van der Waals surface area contributed by atoms with E-state index in [-0.39, 0.29) is 25.3 Å². The van der Waals surface area contributed by atoms with Crippen LogP contribution in [0.4, 0.5) is 4.79 Å². The predicted molar refractivity (Wildman–Crippen MR) is 78.1 cm³/mol. The topological polar surface area (TPSA) is 116 Å². The first kappa shape index (κ1) is 19.2. The number of hydrogen-bond donors (Lipinski definition) is 4. The minimum atomic E-state index is -1.16. The molecule has 0 heterocycles. The number of carboxylic acid groups (broad SMARTS) is 2. The van der Waals surface area contributed by atoms with Crippen LogP contribution in [0.2, 0.25) is 0 Å². The van der Waals surface area contributed by atoms with E-state index in [1.54, 1.807) is 0 Å². The molecule has 0 bridgehead atoms. The minimum Gasteiger partial charge on any atom is -0.481 e. The molecular formula is C14H26N2O5. The molecule has 2 amide bonds.